The Bertz CT molecular complexity index is 789. The second-order valence-corrected chi connectivity index (χ2v) is 4.48. The molecule has 0 amide bonds. The predicted octanol–water partition coefficient (Wildman–Crippen LogP) is 3.59. The van der Waals surface area contributed by atoms with E-state index in [1.807, 2.05) is 31.2 Å². The van der Waals surface area contributed by atoms with E-state index in [0.29, 0.717) is 22.6 Å². The highest BCUT2D eigenvalue weighted by molar-refractivity contribution is 6.01. The minimum absolute atomic E-state index is 0.411. The number of aromatic nitrogens is 1. The Morgan fingerprint density at radius 2 is 1.95 bits per heavy atom. The number of para-hydroxylation sites is 1. The van der Waals surface area contributed by atoms with Crippen molar-refractivity contribution in [2.24, 2.45) is 0 Å². The summed E-state index contributed by atoms with van der Waals surface area (Å²) in [6, 6.07) is 13.0. The molecule has 0 bridgehead atoms. The first-order chi connectivity index (χ1) is 9.70. The van der Waals surface area contributed by atoms with Gasteiger partial charge in [-0.15, -0.1) is 0 Å². The van der Waals surface area contributed by atoms with Crippen LogP contribution in [0.1, 0.15) is 15.9 Å². The van der Waals surface area contributed by atoms with Gasteiger partial charge in [0.05, 0.1) is 12.7 Å². The Labute approximate surface area is 116 Å². The summed E-state index contributed by atoms with van der Waals surface area (Å²) in [5, 5.41) is 0. The third-order valence-electron chi connectivity index (χ3n) is 3.20. The summed E-state index contributed by atoms with van der Waals surface area (Å²) in [6.45, 7) is 1.99. The molecule has 0 unspecified atom stereocenters. The summed E-state index contributed by atoms with van der Waals surface area (Å²) in [4.78, 5) is 16.2. The van der Waals surface area contributed by atoms with Gasteiger partial charge in [-0.2, -0.15) is 0 Å². The van der Waals surface area contributed by atoms with Crippen LogP contribution in [0.25, 0.3) is 22.6 Å². The molecule has 2 aromatic carbocycles. The maximum Gasteiger partial charge on any atom is 0.340 e. The molecular weight excluding hydrogens is 254 g/mol. The normalized spacial score (nSPS) is 10.7. The van der Waals surface area contributed by atoms with E-state index >= 15 is 0 Å². The highest BCUT2D eigenvalue weighted by Crippen LogP contribution is 2.28. The standard InChI is InChI=1S/C16H13NO3/c1-10-6-3-4-7-11(10)15-17-14-12(16(18)19-2)8-5-9-13(14)20-15/h3-9H,1-2H3. The molecule has 3 rings (SSSR count). The molecule has 1 heterocycles. The molecule has 0 fully saturated rings. The topological polar surface area (TPSA) is 52.3 Å². The number of carbonyl (C=O) groups excluding carboxylic acids is 1. The van der Waals surface area contributed by atoms with Crippen LogP contribution in [0.15, 0.2) is 46.9 Å². The van der Waals surface area contributed by atoms with Crippen LogP contribution >= 0.6 is 0 Å². The fourth-order valence-corrected chi connectivity index (χ4v) is 2.15. The van der Waals surface area contributed by atoms with Crippen molar-refractivity contribution in [3.63, 3.8) is 0 Å². The van der Waals surface area contributed by atoms with Gasteiger partial charge in [0.25, 0.3) is 0 Å². The van der Waals surface area contributed by atoms with Crippen LogP contribution < -0.4 is 0 Å². The highest BCUT2D eigenvalue weighted by Gasteiger charge is 2.16. The molecule has 1 aromatic heterocycles. The van der Waals surface area contributed by atoms with Gasteiger partial charge < -0.3 is 9.15 Å². The van der Waals surface area contributed by atoms with Crippen LogP contribution in [0.3, 0.4) is 0 Å². The van der Waals surface area contributed by atoms with Crippen LogP contribution in [-0.2, 0) is 4.74 Å². The second kappa shape index (κ2) is 4.81. The van der Waals surface area contributed by atoms with Crippen molar-refractivity contribution in [2.75, 3.05) is 7.11 Å². The lowest BCUT2D eigenvalue weighted by molar-refractivity contribution is 0.0603. The summed E-state index contributed by atoms with van der Waals surface area (Å²) in [7, 11) is 1.35. The molecule has 0 radical (unpaired) electrons. The lowest BCUT2D eigenvalue weighted by atomic mass is 10.1. The molecular formula is C16H13NO3. The predicted molar refractivity (Wildman–Crippen MR) is 75.5 cm³/mol. The van der Waals surface area contributed by atoms with Gasteiger partial charge in [-0.1, -0.05) is 24.3 Å². The quantitative estimate of drug-likeness (QED) is 0.666. The minimum Gasteiger partial charge on any atom is -0.465 e. The maximum absolute atomic E-state index is 11.7. The molecule has 3 aromatic rings. The molecule has 0 saturated heterocycles. The van der Waals surface area contributed by atoms with Crippen molar-refractivity contribution in [1.82, 2.24) is 4.98 Å². The zero-order chi connectivity index (χ0) is 14.1. The second-order valence-electron chi connectivity index (χ2n) is 4.48. The van der Waals surface area contributed by atoms with E-state index in [-0.39, 0.29) is 0 Å². The number of hydrogen-bond donors (Lipinski definition) is 0. The van der Waals surface area contributed by atoms with E-state index in [9.17, 15) is 4.79 Å². The smallest absolute Gasteiger partial charge is 0.340 e. The average Bonchev–Trinajstić information content (AvgIpc) is 2.90. The first-order valence-corrected chi connectivity index (χ1v) is 6.24. The van der Waals surface area contributed by atoms with Gasteiger partial charge in [0.15, 0.2) is 5.58 Å². The summed E-state index contributed by atoms with van der Waals surface area (Å²) in [5.74, 6) is 0.0923. The molecule has 0 atom stereocenters. The molecule has 0 aliphatic rings. The zero-order valence-electron chi connectivity index (χ0n) is 11.2. The van der Waals surface area contributed by atoms with E-state index in [2.05, 4.69) is 4.98 Å². The number of carbonyl (C=O) groups is 1. The van der Waals surface area contributed by atoms with Crippen molar-refractivity contribution in [2.45, 2.75) is 6.92 Å². The van der Waals surface area contributed by atoms with E-state index in [1.54, 1.807) is 18.2 Å². The number of hydrogen-bond acceptors (Lipinski definition) is 4. The SMILES string of the molecule is COC(=O)c1cccc2oc(-c3ccccc3C)nc12. The molecule has 0 N–H and O–H groups in total. The molecule has 0 saturated carbocycles. The molecule has 0 spiro atoms. The first kappa shape index (κ1) is 12.4. The number of fused-ring (bicyclic) bond motifs is 1. The molecule has 4 nitrogen and oxygen atoms in total. The highest BCUT2D eigenvalue weighted by atomic mass is 16.5. The molecule has 4 heteroatoms. The number of esters is 1. The number of benzene rings is 2. The van der Waals surface area contributed by atoms with Gasteiger partial charge in [0, 0.05) is 5.56 Å². The Hall–Kier alpha value is -2.62. The number of aryl methyl sites for hydroxylation is 1. The largest absolute Gasteiger partial charge is 0.465 e. The van der Waals surface area contributed by atoms with Crippen molar-refractivity contribution < 1.29 is 13.9 Å². The molecule has 0 aliphatic heterocycles. The van der Waals surface area contributed by atoms with Crippen LogP contribution in [-0.4, -0.2) is 18.1 Å². The van der Waals surface area contributed by atoms with E-state index in [4.69, 9.17) is 9.15 Å². The molecule has 100 valence electrons. The Morgan fingerprint density at radius 3 is 2.70 bits per heavy atom. The maximum atomic E-state index is 11.7. The lowest BCUT2D eigenvalue weighted by Crippen LogP contribution is -2.01. The third-order valence-corrected chi connectivity index (χ3v) is 3.20. The van der Waals surface area contributed by atoms with Crippen LogP contribution in [0, 0.1) is 6.92 Å². The fourth-order valence-electron chi connectivity index (χ4n) is 2.15. The number of rotatable bonds is 2. The first-order valence-electron chi connectivity index (χ1n) is 6.24. The lowest BCUT2D eigenvalue weighted by Gasteiger charge is -1.99. The summed E-state index contributed by atoms with van der Waals surface area (Å²) < 4.78 is 10.5. The van der Waals surface area contributed by atoms with Crippen molar-refractivity contribution in [3.05, 3.63) is 53.6 Å². The van der Waals surface area contributed by atoms with Gasteiger partial charge >= 0.3 is 5.97 Å². The number of oxazole rings is 1. The van der Waals surface area contributed by atoms with Gasteiger partial charge in [-0.05, 0) is 30.7 Å². The zero-order valence-corrected chi connectivity index (χ0v) is 11.2. The van der Waals surface area contributed by atoms with Gasteiger partial charge in [-0.25, -0.2) is 9.78 Å². The van der Waals surface area contributed by atoms with Gasteiger partial charge in [0.2, 0.25) is 5.89 Å². The average molecular weight is 267 g/mol. The Morgan fingerprint density at radius 1 is 1.15 bits per heavy atom. The summed E-state index contributed by atoms with van der Waals surface area (Å²) in [6.07, 6.45) is 0. The van der Waals surface area contributed by atoms with Gasteiger partial charge in [0.1, 0.15) is 5.52 Å². The van der Waals surface area contributed by atoms with Crippen LogP contribution in [0.5, 0.6) is 0 Å². The van der Waals surface area contributed by atoms with Crippen LogP contribution in [0.4, 0.5) is 0 Å². The van der Waals surface area contributed by atoms with Crippen molar-refractivity contribution in [1.29, 1.82) is 0 Å². The summed E-state index contributed by atoms with van der Waals surface area (Å²) >= 11 is 0. The van der Waals surface area contributed by atoms with E-state index in [0.717, 1.165) is 11.1 Å². The number of nitrogens with zero attached hydrogens (tertiary/aromatic N) is 1. The summed E-state index contributed by atoms with van der Waals surface area (Å²) in [5.41, 5.74) is 3.50. The third kappa shape index (κ3) is 1.95. The van der Waals surface area contributed by atoms with E-state index < -0.39 is 5.97 Å². The Balaban J connectivity index is 2.21. The van der Waals surface area contributed by atoms with Crippen LogP contribution in [0.2, 0.25) is 0 Å². The number of methoxy groups -OCH3 is 1. The van der Waals surface area contributed by atoms with Crippen molar-refractivity contribution >= 4 is 17.1 Å². The molecule has 20 heavy (non-hydrogen) atoms. The Kier molecular flexibility index (Phi) is 2.99. The monoisotopic (exact) mass is 267 g/mol. The van der Waals surface area contributed by atoms with Gasteiger partial charge in [-0.3, -0.25) is 0 Å². The molecule has 0 aliphatic carbocycles. The minimum atomic E-state index is -0.416. The number of ether oxygens (including phenoxy) is 1. The van der Waals surface area contributed by atoms with E-state index in [1.165, 1.54) is 7.11 Å². The van der Waals surface area contributed by atoms with Crippen molar-refractivity contribution in [3.8, 4) is 11.5 Å². The fraction of sp³-hybridized carbons (Fsp3) is 0.125.